The molecule has 0 aliphatic carbocycles. The molecule has 0 radical (unpaired) electrons. The number of piperazine rings is 1. The van der Waals surface area contributed by atoms with E-state index in [9.17, 15) is 0 Å². The normalized spacial score (nSPS) is 14.1. The van der Waals surface area contributed by atoms with E-state index in [-0.39, 0.29) is 0 Å². The van der Waals surface area contributed by atoms with Crippen molar-refractivity contribution in [2.45, 2.75) is 13.5 Å². The van der Waals surface area contributed by atoms with Gasteiger partial charge in [-0.05, 0) is 56.4 Å². The highest BCUT2D eigenvalue weighted by atomic mass is 15.4. The number of pyridine rings is 1. The topological polar surface area (TPSA) is 106 Å². The quantitative estimate of drug-likeness (QED) is 0.354. The van der Waals surface area contributed by atoms with Crippen molar-refractivity contribution in [1.82, 2.24) is 44.4 Å². The molecule has 1 saturated heterocycles. The Morgan fingerprint density at radius 3 is 2.53 bits per heavy atom. The Labute approximate surface area is 220 Å². The van der Waals surface area contributed by atoms with Gasteiger partial charge in [0.2, 0.25) is 11.9 Å². The largest absolute Gasteiger partial charge is 0.337 e. The fraction of sp³-hybridized carbons (Fsp3) is 0.259. The fourth-order valence-electron chi connectivity index (χ4n) is 4.41. The summed E-state index contributed by atoms with van der Waals surface area (Å²) >= 11 is 0. The number of hydrogen-bond acceptors (Lipinski definition) is 9. The number of aromatic nitrogens is 8. The second kappa shape index (κ2) is 10.4. The van der Waals surface area contributed by atoms with Crippen molar-refractivity contribution < 1.29 is 0 Å². The van der Waals surface area contributed by atoms with Crippen LogP contribution in [-0.2, 0) is 6.54 Å². The lowest BCUT2D eigenvalue weighted by molar-refractivity contribution is 0.311. The van der Waals surface area contributed by atoms with E-state index in [2.05, 4.69) is 49.1 Å². The lowest BCUT2D eigenvalue weighted by Gasteiger charge is -2.31. The molecule has 11 nitrogen and oxygen atoms in total. The van der Waals surface area contributed by atoms with Crippen LogP contribution in [0.2, 0.25) is 0 Å². The number of likely N-dealkylation sites (N-methyl/N-ethyl adjacent to an activating group) is 1. The standard InChI is InChI=1S/C27H29N11/c1-3-37-18-23(25(33-37)20-5-4-11-28-17-20)24-10-12-29-26(32-24)31-21-6-8-22(9-7-21)38-19-30-27(34-38)36-15-13-35(2)14-16-36/h4-12,17-19H,3,13-16H2,1-2H3,(H,29,31,32). The lowest BCUT2D eigenvalue weighted by atomic mass is 10.1. The van der Waals surface area contributed by atoms with Gasteiger partial charge in [-0.25, -0.2) is 14.6 Å². The van der Waals surface area contributed by atoms with E-state index >= 15 is 0 Å². The molecule has 0 atom stereocenters. The Morgan fingerprint density at radius 2 is 1.76 bits per heavy atom. The number of nitrogens with one attached hydrogen (secondary N) is 1. The SMILES string of the molecule is CCn1cc(-c2ccnc(Nc3ccc(-n4cnc(N5CCN(C)CC5)n4)cc3)n2)c(-c2cccnc2)n1. The molecule has 1 aliphatic heterocycles. The number of hydrogen-bond donors (Lipinski definition) is 1. The van der Waals surface area contributed by atoms with Crippen LogP contribution in [-0.4, -0.2) is 77.6 Å². The zero-order valence-electron chi connectivity index (χ0n) is 21.4. The van der Waals surface area contributed by atoms with E-state index in [1.807, 2.05) is 59.5 Å². The van der Waals surface area contributed by atoms with Crippen molar-refractivity contribution in [3.63, 3.8) is 0 Å². The minimum atomic E-state index is 0.509. The molecule has 1 fully saturated rings. The number of nitrogens with zero attached hydrogens (tertiary/aromatic N) is 10. The molecular weight excluding hydrogens is 478 g/mol. The summed E-state index contributed by atoms with van der Waals surface area (Å²) in [6, 6.07) is 13.8. The van der Waals surface area contributed by atoms with Crippen LogP contribution in [0.5, 0.6) is 0 Å². The van der Waals surface area contributed by atoms with E-state index in [1.165, 1.54) is 0 Å². The van der Waals surface area contributed by atoms with Crippen molar-refractivity contribution in [2.75, 3.05) is 43.4 Å². The zero-order valence-corrected chi connectivity index (χ0v) is 21.4. The Morgan fingerprint density at radius 1 is 0.921 bits per heavy atom. The van der Waals surface area contributed by atoms with Crippen LogP contribution in [0, 0.1) is 0 Å². The summed E-state index contributed by atoms with van der Waals surface area (Å²) in [5.41, 5.74) is 5.33. The molecule has 0 bridgehead atoms. The van der Waals surface area contributed by atoms with E-state index < -0.39 is 0 Å². The van der Waals surface area contributed by atoms with Crippen LogP contribution in [0.1, 0.15) is 6.92 Å². The molecule has 38 heavy (non-hydrogen) atoms. The molecule has 0 amide bonds. The van der Waals surface area contributed by atoms with E-state index in [0.717, 1.165) is 72.6 Å². The van der Waals surface area contributed by atoms with Crippen LogP contribution in [0.3, 0.4) is 0 Å². The summed E-state index contributed by atoms with van der Waals surface area (Å²) in [5.74, 6) is 1.28. The monoisotopic (exact) mass is 507 g/mol. The van der Waals surface area contributed by atoms with Gasteiger partial charge in [-0.1, -0.05) is 0 Å². The van der Waals surface area contributed by atoms with Gasteiger partial charge in [-0.2, -0.15) is 10.1 Å². The maximum atomic E-state index is 4.78. The number of benzene rings is 1. The Balaban J connectivity index is 1.19. The summed E-state index contributed by atoms with van der Waals surface area (Å²) in [6.07, 6.45) is 9.10. The first kappa shape index (κ1) is 23.7. The van der Waals surface area contributed by atoms with Crippen LogP contribution < -0.4 is 10.2 Å². The highest BCUT2D eigenvalue weighted by Crippen LogP contribution is 2.30. The van der Waals surface area contributed by atoms with Crippen LogP contribution in [0.15, 0.2) is 73.6 Å². The number of anilines is 3. The molecular formula is C27H29N11. The van der Waals surface area contributed by atoms with Crippen molar-refractivity contribution in [1.29, 1.82) is 0 Å². The van der Waals surface area contributed by atoms with Crippen molar-refractivity contribution in [3.8, 4) is 28.2 Å². The van der Waals surface area contributed by atoms with E-state index in [0.29, 0.717) is 5.95 Å². The summed E-state index contributed by atoms with van der Waals surface area (Å²) in [5, 5.41) is 12.7. The number of aryl methyl sites for hydroxylation is 1. The molecule has 1 aromatic carbocycles. The van der Waals surface area contributed by atoms with Crippen LogP contribution >= 0.6 is 0 Å². The minimum Gasteiger partial charge on any atom is -0.337 e. The molecule has 1 aliphatic rings. The Bertz CT molecular complexity index is 1500. The van der Waals surface area contributed by atoms with Crippen molar-refractivity contribution >= 4 is 17.6 Å². The summed E-state index contributed by atoms with van der Waals surface area (Å²) in [4.78, 5) is 22.5. The first-order chi connectivity index (χ1) is 18.7. The molecule has 4 aromatic heterocycles. The van der Waals surface area contributed by atoms with Gasteiger partial charge in [0, 0.05) is 74.3 Å². The Kier molecular flexibility index (Phi) is 6.49. The molecule has 6 rings (SSSR count). The molecule has 0 spiro atoms. The summed E-state index contributed by atoms with van der Waals surface area (Å²) in [7, 11) is 2.14. The second-order valence-electron chi connectivity index (χ2n) is 9.21. The minimum absolute atomic E-state index is 0.509. The van der Waals surface area contributed by atoms with Gasteiger partial charge in [-0.3, -0.25) is 9.67 Å². The summed E-state index contributed by atoms with van der Waals surface area (Å²) in [6.45, 7) is 6.73. The average Bonchev–Trinajstić information content (AvgIpc) is 3.63. The van der Waals surface area contributed by atoms with Crippen LogP contribution in [0.4, 0.5) is 17.6 Å². The van der Waals surface area contributed by atoms with Gasteiger partial charge < -0.3 is 15.1 Å². The van der Waals surface area contributed by atoms with Gasteiger partial charge in [0.05, 0.1) is 11.4 Å². The van der Waals surface area contributed by atoms with Crippen LogP contribution in [0.25, 0.3) is 28.2 Å². The third-order valence-corrected chi connectivity index (χ3v) is 6.61. The fourth-order valence-corrected chi connectivity index (χ4v) is 4.41. The van der Waals surface area contributed by atoms with E-state index in [4.69, 9.17) is 10.1 Å². The van der Waals surface area contributed by atoms with Gasteiger partial charge in [0.25, 0.3) is 0 Å². The highest BCUT2D eigenvalue weighted by Gasteiger charge is 2.18. The molecule has 11 heteroatoms. The van der Waals surface area contributed by atoms with Gasteiger partial charge >= 0.3 is 0 Å². The maximum Gasteiger partial charge on any atom is 0.245 e. The number of rotatable bonds is 7. The average molecular weight is 508 g/mol. The summed E-state index contributed by atoms with van der Waals surface area (Å²) < 4.78 is 3.71. The maximum absolute atomic E-state index is 4.78. The second-order valence-corrected chi connectivity index (χ2v) is 9.21. The molecule has 1 N–H and O–H groups in total. The van der Waals surface area contributed by atoms with Crippen molar-refractivity contribution in [3.05, 3.63) is 73.6 Å². The van der Waals surface area contributed by atoms with Gasteiger partial charge in [-0.15, -0.1) is 5.10 Å². The third-order valence-electron chi connectivity index (χ3n) is 6.61. The highest BCUT2D eigenvalue weighted by molar-refractivity contribution is 5.78. The van der Waals surface area contributed by atoms with Gasteiger partial charge in [0.15, 0.2) is 0 Å². The third kappa shape index (κ3) is 4.96. The van der Waals surface area contributed by atoms with Crippen molar-refractivity contribution in [2.24, 2.45) is 0 Å². The smallest absolute Gasteiger partial charge is 0.245 e. The molecule has 5 aromatic rings. The first-order valence-corrected chi connectivity index (χ1v) is 12.7. The molecule has 192 valence electrons. The molecule has 0 saturated carbocycles. The Hall–Kier alpha value is -4.64. The van der Waals surface area contributed by atoms with E-state index in [1.54, 1.807) is 23.4 Å². The predicted molar refractivity (Wildman–Crippen MR) is 147 cm³/mol. The zero-order chi connectivity index (χ0) is 25.9. The molecule has 0 unspecified atom stereocenters. The van der Waals surface area contributed by atoms with Gasteiger partial charge in [0.1, 0.15) is 12.0 Å². The first-order valence-electron chi connectivity index (χ1n) is 12.7. The molecule has 5 heterocycles. The lowest BCUT2D eigenvalue weighted by Crippen LogP contribution is -2.45. The predicted octanol–water partition coefficient (Wildman–Crippen LogP) is 3.50.